The van der Waals surface area contributed by atoms with Gasteiger partial charge in [0.25, 0.3) is 11.8 Å². The van der Waals surface area contributed by atoms with Crippen molar-refractivity contribution in [3.05, 3.63) is 22.3 Å². The summed E-state index contributed by atoms with van der Waals surface area (Å²) in [6.45, 7) is 3.29. The van der Waals surface area contributed by atoms with Gasteiger partial charge in [-0.2, -0.15) is 0 Å². The van der Waals surface area contributed by atoms with Gasteiger partial charge in [0.1, 0.15) is 0 Å². The molecule has 3 amide bonds. The molecule has 1 fully saturated rings. The Morgan fingerprint density at radius 2 is 1.78 bits per heavy atom. The van der Waals surface area contributed by atoms with E-state index in [1.54, 1.807) is 0 Å². The minimum atomic E-state index is -0.604. The largest absolute Gasteiger partial charge is 0.336 e. The van der Waals surface area contributed by atoms with Crippen LogP contribution in [-0.4, -0.2) is 28.8 Å². The summed E-state index contributed by atoms with van der Waals surface area (Å²) < 4.78 is 2.73. The highest BCUT2D eigenvalue weighted by atomic mass is 127. The molecule has 27 heavy (non-hydrogen) atoms. The number of carbonyl (C=O) groups is 4. The lowest BCUT2D eigenvalue weighted by Crippen LogP contribution is -2.35. The molecule has 1 aromatic rings. The average Bonchev–Trinajstić information content (AvgIpc) is 2.90. The fourth-order valence-electron chi connectivity index (χ4n) is 2.57. The fraction of sp³-hybridized carbons (Fsp3) is 0.412. The van der Waals surface area contributed by atoms with Crippen molar-refractivity contribution in [3.63, 3.8) is 0 Å². The van der Waals surface area contributed by atoms with Crippen molar-refractivity contribution in [3.8, 4) is 0 Å². The molecular formula is C17H17I3N2O5. The Morgan fingerprint density at radius 1 is 1.19 bits per heavy atom. The van der Waals surface area contributed by atoms with E-state index in [1.807, 2.05) is 13.0 Å². The van der Waals surface area contributed by atoms with E-state index in [2.05, 4.69) is 73.1 Å². The SMILES string of the molecule is CCC(Cc1c(I)cc(I)c(NC(C)=O)c1I)C(=O)ON1C(=O)CCC1=O. The van der Waals surface area contributed by atoms with Crippen LogP contribution in [0.3, 0.4) is 0 Å². The third-order valence-electron chi connectivity index (χ3n) is 4.03. The molecule has 0 spiro atoms. The number of hydrogen-bond acceptors (Lipinski definition) is 5. The molecule has 1 aromatic carbocycles. The molecule has 1 aliphatic rings. The predicted molar refractivity (Wildman–Crippen MR) is 124 cm³/mol. The zero-order chi connectivity index (χ0) is 20.3. The summed E-state index contributed by atoms with van der Waals surface area (Å²) in [5, 5.41) is 3.41. The number of carbonyl (C=O) groups excluding carboxylic acids is 4. The Labute approximate surface area is 197 Å². The van der Waals surface area contributed by atoms with Gasteiger partial charge in [-0.05, 0) is 92.2 Å². The summed E-state index contributed by atoms with van der Waals surface area (Å²) in [7, 11) is 0. The minimum Gasteiger partial charge on any atom is -0.330 e. The number of hydroxylamine groups is 2. The normalized spacial score (nSPS) is 15.1. The van der Waals surface area contributed by atoms with Crippen LogP contribution in [0, 0.1) is 16.6 Å². The number of benzene rings is 1. The van der Waals surface area contributed by atoms with E-state index < -0.39 is 23.7 Å². The monoisotopic (exact) mass is 710 g/mol. The van der Waals surface area contributed by atoms with Crippen LogP contribution >= 0.6 is 67.8 Å². The summed E-state index contributed by atoms with van der Waals surface area (Å²) >= 11 is 6.52. The standard InChI is InChI=1S/C17H17I3N2O5/c1-3-9(17(26)27-22-13(24)4-5-14(22)25)6-10-11(18)7-12(19)16(15(10)20)21-8(2)23/h7,9H,3-6H2,1-2H3,(H,21,23). The van der Waals surface area contributed by atoms with Crippen LogP contribution in [0.25, 0.3) is 0 Å². The number of rotatable bonds is 6. The Balaban J connectivity index is 2.25. The van der Waals surface area contributed by atoms with E-state index in [0.29, 0.717) is 23.6 Å². The number of nitrogens with zero attached hydrogens (tertiary/aromatic N) is 1. The lowest BCUT2D eigenvalue weighted by molar-refractivity contribution is -0.200. The van der Waals surface area contributed by atoms with Crippen LogP contribution in [-0.2, 0) is 30.4 Å². The Morgan fingerprint density at radius 3 is 2.30 bits per heavy atom. The Hall–Kier alpha value is -0.510. The van der Waals surface area contributed by atoms with Crippen molar-refractivity contribution in [1.29, 1.82) is 0 Å². The molecular weight excluding hydrogens is 693 g/mol. The summed E-state index contributed by atoms with van der Waals surface area (Å²) in [6.07, 6.45) is 1.00. The molecule has 0 saturated carbocycles. The van der Waals surface area contributed by atoms with Crippen LogP contribution in [0.2, 0.25) is 0 Å². The molecule has 0 radical (unpaired) electrons. The maximum absolute atomic E-state index is 12.5. The molecule has 7 nitrogen and oxygen atoms in total. The first-order valence-electron chi connectivity index (χ1n) is 8.17. The van der Waals surface area contributed by atoms with Gasteiger partial charge in [0.15, 0.2) is 0 Å². The maximum atomic E-state index is 12.5. The van der Waals surface area contributed by atoms with E-state index in [1.165, 1.54) is 6.92 Å². The van der Waals surface area contributed by atoms with Gasteiger partial charge in [-0.25, -0.2) is 4.79 Å². The van der Waals surface area contributed by atoms with Crippen LogP contribution in [0.4, 0.5) is 5.69 Å². The highest BCUT2D eigenvalue weighted by Gasteiger charge is 2.35. The smallest absolute Gasteiger partial charge is 0.330 e. The van der Waals surface area contributed by atoms with Gasteiger partial charge < -0.3 is 10.2 Å². The van der Waals surface area contributed by atoms with Gasteiger partial charge in [-0.1, -0.05) is 6.92 Å². The number of anilines is 1. The lowest BCUT2D eigenvalue weighted by atomic mass is 9.97. The third kappa shape index (κ3) is 5.52. The first kappa shape index (κ1) is 22.8. The zero-order valence-corrected chi connectivity index (χ0v) is 21.1. The molecule has 0 aromatic heterocycles. The average molecular weight is 710 g/mol. The Bertz CT molecular complexity index is 796. The topological polar surface area (TPSA) is 92.8 Å². The maximum Gasteiger partial charge on any atom is 0.336 e. The van der Waals surface area contributed by atoms with Crippen LogP contribution in [0.15, 0.2) is 6.07 Å². The van der Waals surface area contributed by atoms with Crippen molar-refractivity contribution >= 4 is 97.2 Å². The number of imide groups is 1. The highest BCUT2D eigenvalue weighted by molar-refractivity contribution is 14.1. The van der Waals surface area contributed by atoms with Crippen LogP contribution < -0.4 is 5.32 Å². The molecule has 0 aliphatic carbocycles. The zero-order valence-electron chi connectivity index (χ0n) is 14.6. The molecule has 10 heteroatoms. The van der Waals surface area contributed by atoms with Crippen LogP contribution in [0.5, 0.6) is 0 Å². The lowest BCUT2D eigenvalue weighted by Gasteiger charge is -2.20. The third-order valence-corrected chi connectivity index (χ3v) is 7.03. The number of hydrogen-bond donors (Lipinski definition) is 1. The molecule has 1 aliphatic heterocycles. The van der Waals surface area contributed by atoms with E-state index >= 15 is 0 Å². The second kappa shape index (κ2) is 9.80. The molecule has 1 N–H and O–H groups in total. The van der Waals surface area contributed by atoms with Crippen molar-refractivity contribution in [1.82, 2.24) is 5.06 Å². The predicted octanol–water partition coefficient (Wildman–Crippen LogP) is 3.63. The van der Waals surface area contributed by atoms with Crippen LogP contribution in [0.1, 0.15) is 38.7 Å². The number of halogens is 3. The number of amides is 3. The minimum absolute atomic E-state index is 0.0654. The first-order chi connectivity index (χ1) is 12.6. The van der Waals surface area contributed by atoms with Gasteiger partial charge in [-0.3, -0.25) is 14.4 Å². The molecule has 1 atom stereocenters. The van der Waals surface area contributed by atoms with E-state index in [-0.39, 0.29) is 18.7 Å². The molecule has 0 bridgehead atoms. The summed E-state index contributed by atoms with van der Waals surface area (Å²) in [4.78, 5) is 52.4. The van der Waals surface area contributed by atoms with Crippen molar-refractivity contribution in [2.75, 3.05) is 5.32 Å². The van der Waals surface area contributed by atoms with E-state index in [4.69, 9.17) is 4.84 Å². The van der Waals surface area contributed by atoms with Crippen molar-refractivity contribution < 1.29 is 24.0 Å². The van der Waals surface area contributed by atoms with Crippen molar-refractivity contribution in [2.45, 2.75) is 39.5 Å². The van der Waals surface area contributed by atoms with Crippen molar-refractivity contribution in [2.24, 2.45) is 5.92 Å². The Kier molecular flexibility index (Phi) is 8.27. The summed E-state index contributed by atoms with van der Waals surface area (Å²) in [5.74, 6) is -2.27. The molecule has 1 heterocycles. The molecule has 2 rings (SSSR count). The van der Waals surface area contributed by atoms with Gasteiger partial charge in [0, 0.05) is 30.5 Å². The second-order valence-electron chi connectivity index (χ2n) is 5.99. The van der Waals surface area contributed by atoms with Gasteiger partial charge in [0.2, 0.25) is 5.91 Å². The summed E-state index contributed by atoms with van der Waals surface area (Å²) in [5.41, 5.74) is 1.63. The molecule has 1 unspecified atom stereocenters. The molecule has 146 valence electrons. The fourth-order valence-corrected chi connectivity index (χ4v) is 6.65. The van der Waals surface area contributed by atoms with E-state index in [0.717, 1.165) is 16.3 Å². The van der Waals surface area contributed by atoms with Gasteiger partial charge in [-0.15, -0.1) is 5.06 Å². The number of nitrogens with one attached hydrogen (secondary N) is 1. The highest BCUT2D eigenvalue weighted by Crippen LogP contribution is 2.34. The van der Waals surface area contributed by atoms with Gasteiger partial charge in [0.05, 0.1) is 11.6 Å². The quantitative estimate of drug-likeness (QED) is 0.360. The summed E-state index contributed by atoms with van der Waals surface area (Å²) in [6, 6.07) is 1.94. The van der Waals surface area contributed by atoms with E-state index in [9.17, 15) is 19.2 Å². The second-order valence-corrected chi connectivity index (χ2v) is 9.39. The molecule has 1 saturated heterocycles. The van der Waals surface area contributed by atoms with Gasteiger partial charge >= 0.3 is 5.97 Å². The first-order valence-corrected chi connectivity index (χ1v) is 11.4.